The summed E-state index contributed by atoms with van der Waals surface area (Å²) in [5, 5.41) is 10.1. The molecule has 0 aliphatic heterocycles. The summed E-state index contributed by atoms with van der Waals surface area (Å²) in [4.78, 5) is 23.9. The molecule has 1 N–H and O–H groups in total. The van der Waals surface area contributed by atoms with Gasteiger partial charge in [0.25, 0.3) is 0 Å². The molecule has 102 valence electrons. The van der Waals surface area contributed by atoms with Crippen LogP contribution < -0.4 is 11.3 Å². The van der Waals surface area contributed by atoms with Gasteiger partial charge < -0.3 is 13.9 Å². The number of aliphatic hydroxyl groups excluding tert-OH is 1. The smallest absolute Gasteiger partial charge is 0.347 e. The van der Waals surface area contributed by atoms with E-state index in [-0.39, 0.29) is 23.0 Å². The summed E-state index contributed by atoms with van der Waals surface area (Å²) in [6.45, 7) is 1.56. The van der Waals surface area contributed by atoms with Gasteiger partial charge in [0.1, 0.15) is 11.0 Å². The first-order chi connectivity index (χ1) is 9.56. The molecule has 1 aromatic carbocycles. The first-order valence-corrected chi connectivity index (χ1v) is 6.23. The molecule has 3 rings (SSSR count). The number of benzene rings is 1. The van der Waals surface area contributed by atoms with Crippen LogP contribution in [0.1, 0.15) is 12.5 Å². The molecule has 2 aromatic heterocycles. The summed E-state index contributed by atoms with van der Waals surface area (Å²) in [5.41, 5.74) is -0.258. The van der Waals surface area contributed by atoms with E-state index >= 15 is 0 Å². The monoisotopic (exact) mass is 272 g/mol. The predicted octanol–water partition coefficient (Wildman–Crippen LogP) is 1.82. The van der Waals surface area contributed by atoms with Crippen molar-refractivity contribution in [1.29, 1.82) is 0 Å². The zero-order valence-corrected chi connectivity index (χ0v) is 10.8. The maximum Gasteiger partial charge on any atom is 0.347 e. The normalized spacial score (nSPS) is 12.9. The molecule has 1 unspecified atom stereocenters. The summed E-state index contributed by atoms with van der Waals surface area (Å²) in [7, 11) is 0. The zero-order chi connectivity index (χ0) is 14.3. The van der Waals surface area contributed by atoms with Crippen molar-refractivity contribution in [2.75, 3.05) is 0 Å². The van der Waals surface area contributed by atoms with Crippen molar-refractivity contribution in [3.05, 3.63) is 56.7 Å². The van der Waals surface area contributed by atoms with Gasteiger partial charge in [-0.05, 0) is 25.1 Å². The highest BCUT2D eigenvalue weighted by atomic mass is 16.4. The quantitative estimate of drug-likeness (QED) is 0.568. The fourth-order valence-electron chi connectivity index (χ4n) is 2.22. The Morgan fingerprint density at radius 1 is 1.10 bits per heavy atom. The minimum atomic E-state index is -0.692. The summed E-state index contributed by atoms with van der Waals surface area (Å²) in [6, 6.07) is 8.30. The lowest BCUT2D eigenvalue weighted by Crippen LogP contribution is -2.15. The van der Waals surface area contributed by atoms with Gasteiger partial charge in [0, 0.05) is 12.0 Å². The van der Waals surface area contributed by atoms with Crippen molar-refractivity contribution >= 4 is 21.9 Å². The van der Waals surface area contributed by atoms with E-state index < -0.39 is 17.4 Å². The lowest BCUT2D eigenvalue weighted by Gasteiger charge is -2.05. The van der Waals surface area contributed by atoms with E-state index in [2.05, 4.69) is 0 Å². The summed E-state index contributed by atoms with van der Waals surface area (Å²) < 4.78 is 10.5. The van der Waals surface area contributed by atoms with Gasteiger partial charge in [0.2, 0.25) is 0 Å². The Hall–Kier alpha value is -2.40. The van der Waals surface area contributed by atoms with E-state index in [1.807, 2.05) is 0 Å². The Balaban J connectivity index is 2.42. The van der Waals surface area contributed by atoms with E-state index in [1.165, 1.54) is 6.07 Å². The molecule has 20 heavy (non-hydrogen) atoms. The molecule has 1 atom stereocenters. The lowest BCUT2D eigenvalue weighted by atomic mass is 10.1. The van der Waals surface area contributed by atoms with Crippen LogP contribution in [0.15, 0.2) is 48.8 Å². The maximum atomic E-state index is 12.0. The van der Waals surface area contributed by atoms with Crippen molar-refractivity contribution < 1.29 is 13.9 Å². The SMILES string of the molecule is CC(O)Cc1cc2c(=O)oc3ccccc3c2oc1=O. The van der Waals surface area contributed by atoms with Gasteiger partial charge >= 0.3 is 11.3 Å². The number of fused-ring (bicyclic) bond motifs is 3. The Kier molecular flexibility index (Phi) is 2.91. The van der Waals surface area contributed by atoms with Gasteiger partial charge in [-0.25, -0.2) is 9.59 Å². The number of aliphatic hydroxyl groups is 1. The molecule has 0 aliphatic carbocycles. The highest BCUT2D eigenvalue weighted by Gasteiger charge is 2.14. The van der Waals surface area contributed by atoms with E-state index in [0.717, 1.165) is 0 Å². The van der Waals surface area contributed by atoms with Crippen molar-refractivity contribution in [3.8, 4) is 0 Å². The van der Waals surface area contributed by atoms with Gasteiger partial charge in [-0.2, -0.15) is 0 Å². The zero-order valence-electron chi connectivity index (χ0n) is 10.8. The molecule has 0 radical (unpaired) electrons. The molecule has 5 nitrogen and oxygen atoms in total. The molecule has 0 fully saturated rings. The minimum Gasteiger partial charge on any atom is -0.422 e. The fraction of sp³-hybridized carbons (Fsp3) is 0.200. The molecule has 5 heteroatoms. The van der Waals surface area contributed by atoms with Crippen LogP contribution in [0.25, 0.3) is 21.9 Å². The number of rotatable bonds is 2. The molecule has 0 saturated carbocycles. The molecule has 0 aliphatic rings. The third kappa shape index (κ3) is 2.02. The van der Waals surface area contributed by atoms with Crippen LogP contribution >= 0.6 is 0 Å². The van der Waals surface area contributed by atoms with Gasteiger partial charge in [-0.15, -0.1) is 0 Å². The first kappa shape index (κ1) is 12.6. The van der Waals surface area contributed by atoms with Crippen LogP contribution in [0.4, 0.5) is 0 Å². The third-order valence-electron chi connectivity index (χ3n) is 3.09. The number of hydrogen-bond acceptors (Lipinski definition) is 5. The average molecular weight is 272 g/mol. The molecular weight excluding hydrogens is 260 g/mol. The average Bonchev–Trinajstić information content (AvgIpc) is 2.40. The second-order valence-corrected chi connectivity index (χ2v) is 4.74. The molecule has 0 bridgehead atoms. The number of para-hydroxylation sites is 1. The van der Waals surface area contributed by atoms with Crippen LogP contribution in [-0.4, -0.2) is 11.2 Å². The summed E-state index contributed by atoms with van der Waals surface area (Å²) in [6.07, 6.45) is -0.562. The van der Waals surface area contributed by atoms with Gasteiger partial charge in [0.05, 0.1) is 11.5 Å². The van der Waals surface area contributed by atoms with E-state index in [1.54, 1.807) is 31.2 Å². The lowest BCUT2D eigenvalue weighted by molar-refractivity contribution is 0.194. The fourth-order valence-corrected chi connectivity index (χ4v) is 2.22. The number of hydrogen-bond donors (Lipinski definition) is 1. The van der Waals surface area contributed by atoms with Crippen molar-refractivity contribution in [1.82, 2.24) is 0 Å². The maximum absolute atomic E-state index is 12.0. The van der Waals surface area contributed by atoms with Gasteiger partial charge in [-0.3, -0.25) is 0 Å². The minimum absolute atomic E-state index is 0.130. The van der Waals surface area contributed by atoms with Crippen molar-refractivity contribution in [2.45, 2.75) is 19.4 Å². The highest BCUT2D eigenvalue weighted by molar-refractivity contribution is 6.00. The molecule has 2 heterocycles. The Morgan fingerprint density at radius 3 is 2.60 bits per heavy atom. The van der Waals surface area contributed by atoms with Crippen molar-refractivity contribution in [2.24, 2.45) is 0 Å². The third-order valence-corrected chi connectivity index (χ3v) is 3.09. The second kappa shape index (κ2) is 4.61. The Bertz CT molecular complexity index is 901. The van der Waals surface area contributed by atoms with E-state index in [4.69, 9.17) is 8.83 Å². The van der Waals surface area contributed by atoms with Crippen LogP contribution in [0.3, 0.4) is 0 Å². The summed E-state index contributed by atoms with van der Waals surface area (Å²) >= 11 is 0. The van der Waals surface area contributed by atoms with Crippen LogP contribution in [-0.2, 0) is 6.42 Å². The highest BCUT2D eigenvalue weighted by Crippen LogP contribution is 2.21. The molecular formula is C15H12O5. The summed E-state index contributed by atoms with van der Waals surface area (Å²) in [5.74, 6) is 0. The van der Waals surface area contributed by atoms with Crippen LogP contribution in [0, 0.1) is 0 Å². The molecule has 0 spiro atoms. The Labute approximate surface area is 113 Å². The Morgan fingerprint density at radius 2 is 1.85 bits per heavy atom. The molecule has 0 saturated heterocycles. The topological polar surface area (TPSA) is 80.7 Å². The van der Waals surface area contributed by atoms with Crippen molar-refractivity contribution in [3.63, 3.8) is 0 Å². The van der Waals surface area contributed by atoms with Crippen LogP contribution in [0.5, 0.6) is 0 Å². The van der Waals surface area contributed by atoms with Gasteiger partial charge in [-0.1, -0.05) is 12.1 Å². The first-order valence-electron chi connectivity index (χ1n) is 6.23. The molecule has 3 aromatic rings. The standard InChI is InChI=1S/C15H12O5/c1-8(16)6-9-7-11-13(20-14(9)17)10-4-2-3-5-12(10)19-15(11)18/h2-5,7-8,16H,6H2,1H3. The largest absolute Gasteiger partial charge is 0.422 e. The van der Waals surface area contributed by atoms with E-state index in [0.29, 0.717) is 11.0 Å². The predicted molar refractivity (Wildman–Crippen MR) is 73.9 cm³/mol. The van der Waals surface area contributed by atoms with E-state index in [9.17, 15) is 14.7 Å². The van der Waals surface area contributed by atoms with Crippen LogP contribution in [0.2, 0.25) is 0 Å². The second-order valence-electron chi connectivity index (χ2n) is 4.74. The van der Waals surface area contributed by atoms with Gasteiger partial charge in [0.15, 0.2) is 5.58 Å². The molecule has 0 amide bonds.